The number of benzene rings is 1. The molecule has 0 amide bonds. The highest BCUT2D eigenvalue weighted by atomic mass is 16.1. The van der Waals surface area contributed by atoms with Gasteiger partial charge in [-0.05, 0) is 6.07 Å². The average molecular weight is 237 g/mol. The van der Waals surface area contributed by atoms with E-state index in [1.807, 2.05) is 24.3 Å². The number of H-pyrrole nitrogens is 1. The lowest BCUT2D eigenvalue weighted by Gasteiger charge is -1.98. The van der Waals surface area contributed by atoms with Crippen molar-refractivity contribution in [3.8, 4) is 0 Å². The molecule has 0 aliphatic carbocycles. The maximum Gasteiger partial charge on any atom is 0.274 e. The second-order valence-electron chi connectivity index (χ2n) is 4.00. The van der Waals surface area contributed by atoms with Gasteiger partial charge in [0.05, 0.1) is 0 Å². The van der Waals surface area contributed by atoms with E-state index < -0.39 is 0 Å². The zero-order chi connectivity index (χ0) is 12.1. The average Bonchev–Trinajstić information content (AvgIpc) is 2.77. The summed E-state index contributed by atoms with van der Waals surface area (Å²) < 4.78 is 1.73. The predicted octanol–water partition coefficient (Wildman–Crippen LogP) is 1.12. The Morgan fingerprint density at radius 2 is 2.00 bits per heavy atom. The van der Waals surface area contributed by atoms with Crippen LogP contribution in [0.25, 0.3) is 27.8 Å². The molecule has 4 aromatic rings. The van der Waals surface area contributed by atoms with Crippen molar-refractivity contribution in [2.45, 2.75) is 0 Å². The van der Waals surface area contributed by atoms with E-state index in [1.165, 1.54) is 6.07 Å². The summed E-state index contributed by atoms with van der Waals surface area (Å²) in [7, 11) is 0. The monoisotopic (exact) mass is 237 g/mol. The highest BCUT2D eigenvalue weighted by Crippen LogP contribution is 2.22. The molecule has 0 fully saturated rings. The number of hydrogen-bond acceptors (Lipinski definition) is 4. The summed E-state index contributed by atoms with van der Waals surface area (Å²) in [5, 5.41) is 9.11. The van der Waals surface area contributed by atoms with E-state index in [-0.39, 0.29) is 5.56 Å². The van der Waals surface area contributed by atoms with E-state index in [4.69, 9.17) is 0 Å². The van der Waals surface area contributed by atoms with Gasteiger partial charge in [0.1, 0.15) is 11.2 Å². The summed E-state index contributed by atoms with van der Waals surface area (Å²) >= 11 is 0. The number of nitrogens with zero attached hydrogens (tertiary/aromatic N) is 4. The van der Waals surface area contributed by atoms with Crippen LogP contribution in [0.2, 0.25) is 0 Å². The summed E-state index contributed by atoms with van der Waals surface area (Å²) in [4.78, 5) is 18.3. The summed E-state index contributed by atoms with van der Waals surface area (Å²) in [5.41, 5.74) is 2.21. The van der Waals surface area contributed by atoms with Crippen LogP contribution in [0.15, 0.2) is 41.3 Å². The van der Waals surface area contributed by atoms with Crippen molar-refractivity contribution in [2.24, 2.45) is 0 Å². The first-order valence-corrected chi connectivity index (χ1v) is 5.45. The van der Waals surface area contributed by atoms with E-state index >= 15 is 0 Å². The minimum Gasteiger partial charge on any atom is -0.339 e. The van der Waals surface area contributed by atoms with Gasteiger partial charge in [-0.3, -0.25) is 9.20 Å². The summed E-state index contributed by atoms with van der Waals surface area (Å²) in [6, 6.07) is 9.25. The zero-order valence-corrected chi connectivity index (χ0v) is 9.16. The van der Waals surface area contributed by atoms with Crippen molar-refractivity contribution in [3.63, 3.8) is 0 Å². The molecular formula is C12H7N5O. The van der Waals surface area contributed by atoms with Crippen molar-refractivity contribution in [1.29, 1.82) is 0 Å². The molecule has 3 aromatic heterocycles. The first-order chi connectivity index (χ1) is 8.83. The van der Waals surface area contributed by atoms with Gasteiger partial charge in [-0.15, -0.1) is 10.2 Å². The first-order valence-electron chi connectivity index (χ1n) is 5.45. The lowest BCUT2D eigenvalue weighted by Crippen LogP contribution is -2.09. The Balaban J connectivity index is 2.32. The number of rotatable bonds is 0. The van der Waals surface area contributed by atoms with Gasteiger partial charge in [0.25, 0.3) is 11.3 Å². The Kier molecular flexibility index (Phi) is 1.62. The Labute approximate surface area is 99.9 Å². The van der Waals surface area contributed by atoms with Gasteiger partial charge in [0.15, 0.2) is 0 Å². The summed E-state index contributed by atoms with van der Waals surface area (Å²) in [6.07, 6.45) is 1.65. The summed E-state index contributed by atoms with van der Waals surface area (Å²) in [5.74, 6) is 0.293. The minimum atomic E-state index is -0.320. The van der Waals surface area contributed by atoms with E-state index in [1.54, 1.807) is 10.6 Å². The van der Waals surface area contributed by atoms with Gasteiger partial charge in [-0.25, -0.2) is 0 Å². The molecule has 6 heteroatoms. The molecule has 4 rings (SSSR count). The molecule has 0 bridgehead atoms. The van der Waals surface area contributed by atoms with Crippen LogP contribution in [0, 0.1) is 0 Å². The lowest BCUT2D eigenvalue weighted by molar-refractivity contribution is 0.968. The Hall–Kier alpha value is -2.76. The molecule has 0 radical (unpaired) electrons. The van der Waals surface area contributed by atoms with E-state index in [0.717, 1.165) is 22.1 Å². The van der Waals surface area contributed by atoms with Crippen LogP contribution >= 0.6 is 0 Å². The molecule has 0 saturated carbocycles. The Bertz CT molecular complexity index is 953. The molecule has 1 N–H and O–H groups in total. The van der Waals surface area contributed by atoms with Crippen LogP contribution in [0.5, 0.6) is 0 Å². The van der Waals surface area contributed by atoms with Gasteiger partial charge < -0.3 is 4.98 Å². The van der Waals surface area contributed by atoms with Crippen molar-refractivity contribution >= 4 is 27.8 Å². The topological polar surface area (TPSA) is 75.9 Å². The van der Waals surface area contributed by atoms with Crippen LogP contribution in [-0.4, -0.2) is 24.6 Å². The number of aromatic nitrogens is 5. The molecule has 6 nitrogen and oxygen atoms in total. The fraction of sp³-hybridized carbons (Fsp3) is 0. The van der Waals surface area contributed by atoms with Crippen molar-refractivity contribution in [1.82, 2.24) is 24.6 Å². The second-order valence-corrected chi connectivity index (χ2v) is 4.00. The zero-order valence-electron chi connectivity index (χ0n) is 9.16. The molecule has 86 valence electrons. The second kappa shape index (κ2) is 3.13. The largest absolute Gasteiger partial charge is 0.339 e. The lowest BCUT2D eigenvalue weighted by atomic mass is 10.2. The van der Waals surface area contributed by atoms with Crippen molar-refractivity contribution < 1.29 is 0 Å². The molecule has 3 heterocycles. The smallest absolute Gasteiger partial charge is 0.274 e. The van der Waals surface area contributed by atoms with Crippen LogP contribution in [0.1, 0.15) is 0 Å². The van der Waals surface area contributed by atoms with Gasteiger partial charge in [0, 0.05) is 23.2 Å². The standard InChI is InChI=1S/C12H7N5O/c18-9-5-6-17-11-10(15-16-12(17)14-9)7-3-1-2-4-8(7)13-11/h1-6,13H. The quantitative estimate of drug-likeness (QED) is 0.497. The maximum absolute atomic E-state index is 11.2. The molecule has 0 unspecified atom stereocenters. The molecule has 0 aliphatic rings. The van der Waals surface area contributed by atoms with Crippen LogP contribution < -0.4 is 5.56 Å². The van der Waals surface area contributed by atoms with Crippen molar-refractivity contribution in [2.75, 3.05) is 0 Å². The van der Waals surface area contributed by atoms with Crippen LogP contribution in [0.3, 0.4) is 0 Å². The number of aromatic amines is 1. The van der Waals surface area contributed by atoms with E-state index in [2.05, 4.69) is 20.2 Å². The van der Waals surface area contributed by atoms with Gasteiger partial charge in [-0.2, -0.15) is 4.98 Å². The minimum absolute atomic E-state index is 0.293. The van der Waals surface area contributed by atoms with Crippen LogP contribution in [-0.2, 0) is 0 Å². The number of nitrogens with one attached hydrogen (secondary N) is 1. The van der Waals surface area contributed by atoms with Crippen molar-refractivity contribution in [3.05, 3.63) is 46.9 Å². The molecule has 0 saturated heterocycles. The maximum atomic E-state index is 11.2. The fourth-order valence-electron chi connectivity index (χ4n) is 2.12. The number of hydrogen-bond donors (Lipinski definition) is 1. The fourth-order valence-corrected chi connectivity index (χ4v) is 2.12. The SMILES string of the molecule is O=c1ccn2c(nnc3c4ccccc4[nH]c32)n1. The third kappa shape index (κ3) is 1.11. The van der Waals surface area contributed by atoms with E-state index in [9.17, 15) is 4.79 Å². The third-order valence-corrected chi connectivity index (χ3v) is 2.93. The number of fused-ring (bicyclic) bond motifs is 5. The molecule has 0 spiro atoms. The molecule has 1 aromatic carbocycles. The molecule has 0 atom stereocenters. The summed E-state index contributed by atoms with van der Waals surface area (Å²) in [6.45, 7) is 0. The predicted molar refractivity (Wildman–Crippen MR) is 66.4 cm³/mol. The molecular weight excluding hydrogens is 230 g/mol. The highest BCUT2D eigenvalue weighted by Gasteiger charge is 2.09. The molecule has 18 heavy (non-hydrogen) atoms. The van der Waals surface area contributed by atoms with E-state index in [0.29, 0.717) is 5.78 Å². The number of para-hydroxylation sites is 1. The van der Waals surface area contributed by atoms with Gasteiger partial charge in [-0.1, -0.05) is 18.2 Å². The Morgan fingerprint density at radius 3 is 2.94 bits per heavy atom. The normalized spacial score (nSPS) is 11.6. The van der Waals surface area contributed by atoms with Gasteiger partial charge in [0.2, 0.25) is 0 Å². The molecule has 0 aliphatic heterocycles. The Morgan fingerprint density at radius 1 is 1.11 bits per heavy atom. The van der Waals surface area contributed by atoms with Crippen LogP contribution in [0.4, 0.5) is 0 Å². The third-order valence-electron chi connectivity index (χ3n) is 2.93. The highest BCUT2D eigenvalue weighted by molar-refractivity contribution is 6.03. The van der Waals surface area contributed by atoms with Gasteiger partial charge >= 0.3 is 0 Å². The first kappa shape index (κ1) is 9.29.